The Bertz CT molecular complexity index is 232. The van der Waals surface area contributed by atoms with Crippen LogP contribution in [-0.4, -0.2) is 5.11 Å². The maximum atomic E-state index is 12.5. The summed E-state index contributed by atoms with van der Waals surface area (Å²) in [6, 6.07) is 2.01. The Hall–Kier alpha value is -1.12. The van der Waals surface area contributed by atoms with Crippen LogP contribution in [0.15, 0.2) is 12.1 Å². The Balaban J connectivity index is 0.000000561. The van der Waals surface area contributed by atoms with Gasteiger partial charge in [-0.15, -0.1) is 0 Å². The van der Waals surface area contributed by atoms with E-state index in [1.165, 1.54) is 6.92 Å². The van der Waals surface area contributed by atoms with Gasteiger partial charge < -0.3 is 5.11 Å². The summed E-state index contributed by atoms with van der Waals surface area (Å²) in [5.74, 6) is -2.14. The molecule has 0 saturated heterocycles. The minimum atomic E-state index is -0.986. The first kappa shape index (κ1) is 10.9. The van der Waals surface area contributed by atoms with Crippen molar-refractivity contribution in [2.45, 2.75) is 20.8 Å². The summed E-state index contributed by atoms with van der Waals surface area (Å²) < 4.78 is 24.7. The molecule has 0 atom stereocenters. The normalized spacial score (nSPS) is 8.75. The largest absolute Gasteiger partial charge is 0.508 e. The van der Waals surface area contributed by atoms with Gasteiger partial charge in [-0.1, -0.05) is 13.8 Å². The Morgan fingerprint density at radius 3 is 2.08 bits per heavy atom. The van der Waals surface area contributed by atoms with Crippen LogP contribution in [0.2, 0.25) is 0 Å². The van der Waals surface area contributed by atoms with Gasteiger partial charge in [-0.3, -0.25) is 0 Å². The second-order valence-corrected chi connectivity index (χ2v) is 2.01. The van der Waals surface area contributed by atoms with Gasteiger partial charge in [0, 0.05) is 5.56 Å². The van der Waals surface area contributed by atoms with Gasteiger partial charge in [0.15, 0.2) is 11.6 Å². The number of halogens is 2. The second kappa shape index (κ2) is 4.70. The van der Waals surface area contributed by atoms with Gasteiger partial charge in [0.05, 0.1) is 0 Å². The third-order valence-electron chi connectivity index (χ3n) is 1.31. The summed E-state index contributed by atoms with van der Waals surface area (Å²) in [4.78, 5) is 0. The van der Waals surface area contributed by atoms with Gasteiger partial charge in [-0.05, 0) is 19.1 Å². The van der Waals surface area contributed by atoms with Crippen LogP contribution in [0.4, 0.5) is 8.78 Å². The van der Waals surface area contributed by atoms with Crippen LogP contribution in [0.25, 0.3) is 0 Å². The van der Waals surface area contributed by atoms with Crippen molar-refractivity contribution in [2.24, 2.45) is 0 Å². The standard InChI is InChI=1S/C7H6F2O.C2H6/c1-4-6(10)3-2-5(8)7(4)9;1-2/h2-3,10H,1H3;1-2H3. The number of hydrogen-bond donors (Lipinski definition) is 1. The minimum Gasteiger partial charge on any atom is -0.508 e. The molecule has 0 radical (unpaired) electrons. The van der Waals surface area contributed by atoms with Gasteiger partial charge in [0.1, 0.15) is 5.75 Å². The molecular formula is C9H12F2O. The topological polar surface area (TPSA) is 20.2 Å². The van der Waals surface area contributed by atoms with Crippen molar-refractivity contribution in [2.75, 3.05) is 0 Å². The van der Waals surface area contributed by atoms with Crippen molar-refractivity contribution in [3.8, 4) is 5.75 Å². The van der Waals surface area contributed by atoms with Gasteiger partial charge in [-0.2, -0.15) is 0 Å². The summed E-state index contributed by atoms with van der Waals surface area (Å²) in [6.07, 6.45) is 0. The molecule has 3 heteroatoms. The second-order valence-electron chi connectivity index (χ2n) is 2.01. The van der Waals surface area contributed by atoms with E-state index in [9.17, 15) is 8.78 Å². The minimum absolute atomic E-state index is 0.0556. The van der Waals surface area contributed by atoms with Crippen molar-refractivity contribution < 1.29 is 13.9 Å². The van der Waals surface area contributed by atoms with Crippen molar-refractivity contribution in [3.63, 3.8) is 0 Å². The number of phenols is 1. The molecule has 0 heterocycles. The molecule has 68 valence electrons. The molecule has 0 fully saturated rings. The zero-order valence-electron chi connectivity index (χ0n) is 7.36. The Morgan fingerprint density at radius 1 is 1.17 bits per heavy atom. The van der Waals surface area contributed by atoms with Crippen LogP contribution in [0.1, 0.15) is 19.4 Å². The number of benzene rings is 1. The third kappa shape index (κ3) is 2.19. The van der Waals surface area contributed by atoms with Gasteiger partial charge in [-0.25, -0.2) is 8.78 Å². The molecule has 1 nitrogen and oxygen atoms in total. The molecule has 1 N–H and O–H groups in total. The number of hydrogen-bond acceptors (Lipinski definition) is 1. The van der Waals surface area contributed by atoms with Crippen molar-refractivity contribution in [3.05, 3.63) is 29.3 Å². The molecular weight excluding hydrogens is 162 g/mol. The lowest BCUT2D eigenvalue weighted by molar-refractivity contribution is 0.447. The van der Waals surface area contributed by atoms with Crippen molar-refractivity contribution in [1.82, 2.24) is 0 Å². The highest BCUT2D eigenvalue weighted by Crippen LogP contribution is 2.20. The lowest BCUT2D eigenvalue weighted by atomic mass is 10.2. The quantitative estimate of drug-likeness (QED) is 0.641. The molecule has 0 aliphatic carbocycles. The van der Waals surface area contributed by atoms with E-state index in [-0.39, 0.29) is 11.3 Å². The van der Waals surface area contributed by atoms with Crippen LogP contribution < -0.4 is 0 Å². The van der Waals surface area contributed by atoms with Crippen LogP contribution >= 0.6 is 0 Å². The summed E-state index contributed by atoms with van der Waals surface area (Å²) in [7, 11) is 0. The highest BCUT2D eigenvalue weighted by molar-refractivity contribution is 5.32. The van der Waals surface area contributed by atoms with Crippen LogP contribution in [0.3, 0.4) is 0 Å². The molecule has 12 heavy (non-hydrogen) atoms. The maximum Gasteiger partial charge on any atom is 0.165 e. The molecule has 0 aliphatic rings. The Morgan fingerprint density at radius 2 is 1.67 bits per heavy atom. The molecule has 1 aromatic carbocycles. The van der Waals surface area contributed by atoms with E-state index in [0.29, 0.717) is 0 Å². The van der Waals surface area contributed by atoms with E-state index < -0.39 is 11.6 Å². The summed E-state index contributed by atoms with van der Waals surface area (Å²) in [6.45, 7) is 5.31. The van der Waals surface area contributed by atoms with Crippen molar-refractivity contribution in [1.29, 1.82) is 0 Å². The van der Waals surface area contributed by atoms with E-state index in [1.807, 2.05) is 13.8 Å². The summed E-state index contributed by atoms with van der Waals surface area (Å²) in [5.41, 5.74) is -0.0556. The van der Waals surface area contributed by atoms with Crippen LogP contribution in [0, 0.1) is 18.6 Å². The predicted molar refractivity (Wildman–Crippen MR) is 44.1 cm³/mol. The first-order valence-electron chi connectivity index (χ1n) is 3.76. The van der Waals surface area contributed by atoms with Crippen LogP contribution in [0.5, 0.6) is 5.75 Å². The van der Waals surface area contributed by atoms with E-state index in [2.05, 4.69) is 0 Å². The molecule has 0 spiro atoms. The predicted octanol–water partition coefficient (Wildman–Crippen LogP) is 3.01. The zero-order valence-corrected chi connectivity index (χ0v) is 7.36. The molecule has 0 aromatic heterocycles. The smallest absolute Gasteiger partial charge is 0.165 e. The van der Waals surface area contributed by atoms with E-state index in [1.54, 1.807) is 0 Å². The summed E-state index contributed by atoms with van der Waals surface area (Å²) >= 11 is 0. The highest BCUT2D eigenvalue weighted by atomic mass is 19.2. The molecule has 0 bridgehead atoms. The molecule has 1 rings (SSSR count). The zero-order chi connectivity index (χ0) is 9.72. The molecule has 0 unspecified atom stereocenters. The number of rotatable bonds is 0. The summed E-state index contributed by atoms with van der Waals surface area (Å²) in [5, 5.41) is 8.82. The number of aromatic hydroxyl groups is 1. The van der Waals surface area contributed by atoms with Gasteiger partial charge in [0.25, 0.3) is 0 Å². The molecule has 0 amide bonds. The lowest BCUT2D eigenvalue weighted by Gasteiger charge is -1.98. The fourth-order valence-corrected chi connectivity index (χ4v) is 0.642. The number of phenolic OH excluding ortho intramolecular Hbond substituents is 1. The molecule has 0 saturated carbocycles. The van der Waals surface area contributed by atoms with Gasteiger partial charge in [0.2, 0.25) is 0 Å². The Kier molecular flexibility index (Phi) is 4.26. The Labute approximate surface area is 70.7 Å². The fourth-order valence-electron chi connectivity index (χ4n) is 0.642. The monoisotopic (exact) mass is 174 g/mol. The average Bonchev–Trinajstić information content (AvgIpc) is 2.12. The van der Waals surface area contributed by atoms with E-state index in [0.717, 1.165) is 12.1 Å². The lowest BCUT2D eigenvalue weighted by Crippen LogP contribution is -1.87. The maximum absolute atomic E-state index is 12.5. The first-order valence-corrected chi connectivity index (χ1v) is 3.76. The SMILES string of the molecule is CC.Cc1c(O)ccc(F)c1F. The molecule has 0 aliphatic heterocycles. The first-order chi connectivity index (χ1) is 5.63. The van der Waals surface area contributed by atoms with Gasteiger partial charge >= 0.3 is 0 Å². The molecule has 1 aromatic rings. The van der Waals surface area contributed by atoms with E-state index >= 15 is 0 Å². The van der Waals surface area contributed by atoms with Crippen LogP contribution in [-0.2, 0) is 0 Å². The van der Waals surface area contributed by atoms with Crippen molar-refractivity contribution >= 4 is 0 Å². The fraction of sp³-hybridized carbons (Fsp3) is 0.333. The highest BCUT2D eigenvalue weighted by Gasteiger charge is 2.07. The average molecular weight is 174 g/mol. The third-order valence-corrected chi connectivity index (χ3v) is 1.31. The van der Waals surface area contributed by atoms with E-state index in [4.69, 9.17) is 5.11 Å².